The molecule has 5 heteroatoms. The van der Waals surface area contributed by atoms with Crippen molar-refractivity contribution in [2.24, 2.45) is 11.1 Å². The van der Waals surface area contributed by atoms with Crippen LogP contribution < -0.4 is 5.73 Å². The number of hydrogen-bond donors (Lipinski definition) is 1. The molecule has 2 saturated heterocycles. The van der Waals surface area contributed by atoms with Crippen LogP contribution in [0.5, 0.6) is 0 Å². The molecule has 1 amide bonds. The number of nitrogens with zero attached hydrogens (tertiary/aromatic N) is 3. The maximum Gasteiger partial charge on any atom is 0.250 e. The van der Waals surface area contributed by atoms with E-state index in [0.717, 1.165) is 24.7 Å². The summed E-state index contributed by atoms with van der Waals surface area (Å²) in [7, 11) is 0. The van der Waals surface area contributed by atoms with Crippen molar-refractivity contribution in [1.29, 1.82) is 0 Å². The summed E-state index contributed by atoms with van der Waals surface area (Å²) < 4.78 is 0. The molecule has 0 aromatic carbocycles. The van der Waals surface area contributed by atoms with E-state index in [2.05, 4.69) is 14.8 Å². The fourth-order valence-corrected chi connectivity index (χ4v) is 4.86. The van der Waals surface area contributed by atoms with Crippen LogP contribution in [0.2, 0.25) is 0 Å². The van der Waals surface area contributed by atoms with Crippen molar-refractivity contribution in [2.75, 3.05) is 32.7 Å². The lowest BCUT2D eigenvalue weighted by Gasteiger charge is -2.50. The Bertz CT molecular complexity index is 607. The quantitative estimate of drug-likeness (QED) is 0.880. The summed E-state index contributed by atoms with van der Waals surface area (Å²) in [5.41, 5.74) is 7.43. The third kappa shape index (κ3) is 3.94. The fourth-order valence-electron chi connectivity index (χ4n) is 4.86. The van der Waals surface area contributed by atoms with Crippen LogP contribution in [0.25, 0.3) is 0 Å². The minimum Gasteiger partial charge on any atom is -0.366 e. The Morgan fingerprint density at radius 2 is 1.81 bits per heavy atom. The van der Waals surface area contributed by atoms with Crippen LogP contribution in [-0.4, -0.2) is 59.5 Å². The van der Waals surface area contributed by atoms with E-state index in [-0.39, 0.29) is 0 Å². The van der Waals surface area contributed by atoms with Crippen molar-refractivity contribution in [3.8, 4) is 0 Å². The van der Waals surface area contributed by atoms with Gasteiger partial charge in [0.2, 0.25) is 5.91 Å². The monoisotopic (exact) mass is 356 g/mol. The second-order valence-electron chi connectivity index (χ2n) is 8.61. The van der Waals surface area contributed by atoms with Gasteiger partial charge >= 0.3 is 0 Å². The average molecular weight is 357 g/mol. The van der Waals surface area contributed by atoms with Gasteiger partial charge in [0.25, 0.3) is 0 Å². The highest BCUT2D eigenvalue weighted by atomic mass is 16.1. The van der Waals surface area contributed by atoms with E-state index in [1.165, 1.54) is 71.1 Å². The number of hydrogen-bond acceptors (Lipinski definition) is 4. The molecule has 1 saturated carbocycles. The van der Waals surface area contributed by atoms with Gasteiger partial charge in [0.05, 0.1) is 5.56 Å². The molecule has 0 unspecified atom stereocenters. The smallest absolute Gasteiger partial charge is 0.250 e. The molecule has 1 aromatic heterocycles. The average Bonchev–Trinajstić information content (AvgIpc) is 2.62. The van der Waals surface area contributed by atoms with Crippen molar-refractivity contribution in [1.82, 2.24) is 14.8 Å². The number of rotatable bonds is 5. The molecule has 3 fully saturated rings. The number of likely N-dealkylation sites (tertiary alicyclic amines) is 2. The Morgan fingerprint density at radius 3 is 2.35 bits per heavy atom. The highest BCUT2D eigenvalue weighted by Gasteiger charge is 2.39. The molecule has 1 aromatic rings. The van der Waals surface area contributed by atoms with Crippen LogP contribution >= 0.6 is 0 Å². The summed E-state index contributed by atoms with van der Waals surface area (Å²) >= 11 is 0. The van der Waals surface area contributed by atoms with Gasteiger partial charge in [-0.1, -0.05) is 6.42 Å². The summed E-state index contributed by atoms with van der Waals surface area (Å²) in [6.45, 7) is 6.18. The number of nitrogens with two attached hydrogens (primary N) is 1. The van der Waals surface area contributed by atoms with E-state index >= 15 is 0 Å². The molecule has 1 spiro atoms. The SMILES string of the molecule is NC(=O)c1ccc(CCN2CCC3(CC2)CCN(C2CCC2)CC3)nc1. The minimum absolute atomic E-state index is 0.409. The molecule has 26 heavy (non-hydrogen) atoms. The first-order valence-electron chi connectivity index (χ1n) is 10.3. The molecule has 1 aliphatic carbocycles. The minimum atomic E-state index is -0.409. The van der Waals surface area contributed by atoms with Crippen LogP contribution in [0.15, 0.2) is 18.3 Å². The van der Waals surface area contributed by atoms with Crippen molar-refractivity contribution >= 4 is 5.91 Å². The van der Waals surface area contributed by atoms with Crippen LogP contribution in [0.1, 0.15) is 61.0 Å². The first kappa shape index (κ1) is 17.9. The molecule has 142 valence electrons. The Kier molecular flexibility index (Phi) is 5.28. The first-order valence-corrected chi connectivity index (χ1v) is 10.3. The maximum absolute atomic E-state index is 11.1. The van der Waals surface area contributed by atoms with E-state index < -0.39 is 5.91 Å². The second kappa shape index (κ2) is 7.65. The number of pyridine rings is 1. The molecule has 3 heterocycles. The van der Waals surface area contributed by atoms with Gasteiger partial charge in [0.15, 0.2) is 0 Å². The number of carbonyl (C=O) groups excluding carboxylic acids is 1. The van der Waals surface area contributed by atoms with Gasteiger partial charge in [0.1, 0.15) is 0 Å². The lowest BCUT2D eigenvalue weighted by Crippen LogP contribution is -2.51. The van der Waals surface area contributed by atoms with Crippen molar-refractivity contribution in [3.05, 3.63) is 29.6 Å². The van der Waals surface area contributed by atoms with Crippen molar-refractivity contribution in [2.45, 2.75) is 57.4 Å². The Labute approximate surface area is 156 Å². The molecular weight excluding hydrogens is 324 g/mol. The zero-order valence-electron chi connectivity index (χ0n) is 15.8. The van der Waals surface area contributed by atoms with E-state index in [9.17, 15) is 4.79 Å². The number of primary amides is 1. The predicted molar refractivity (Wildman–Crippen MR) is 103 cm³/mol. The third-order valence-electron chi connectivity index (χ3n) is 7.16. The van der Waals surface area contributed by atoms with Crippen molar-refractivity contribution in [3.63, 3.8) is 0 Å². The topological polar surface area (TPSA) is 62.5 Å². The zero-order valence-corrected chi connectivity index (χ0v) is 15.8. The first-order chi connectivity index (χ1) is 12.6. The van der Waals surface area contributed by atoms with Gasteiger partial charge in [-0.3, -0.25) is 9.78 Å². The summed E-state index contributed by atoms with van der Waals surface area (Å²) in [4.78, 5) is 20.8. The highest BCUT2D eigenvalue weighted by molar-refractivity contribution is 5.92. The standard InChI is InChI=1S/C21H32N4O/c22-20(26)17-4-5-18(23-16-17)6-11-24-12-7-21(8-13-24)9-14-25(15-10-21)19-2-1-3-19/h4-5,16,19H,1-3,6-15H2,(H2,22,26). The molecule has 3 aliphatic rings. The van der Waals surface area contributed by atoms with Crippen molar-refractivity contribution < 1.29 is 4.79 Å². The molecule has 0 bridgehead atoms. The predicted octanol–water partition coefficient (Wildman–Crippen LogP) is 2.45. The fraction of sp³-hybridized carbons (Fsp3) is 0.714. The van der Waals surface area contributed by atoms with Gasteiger partial charge in [0, 0.05) is 30.9 Å². The van der Waals surface area contributed by atoms with E-state index in [1.807, 2.05) is 6.07 Å². The Hall–Kier alpha value is -1.46. The largest absolute Gasteiger partial charge is 0.366 e. The maximum atomic E-state index is 11.1. The molecule has 2 aliphatic heterocycles. The number of amides is 1. The van der Waals surface area contributed by atoms with Gasteiger partial charge < -0.3 is 15.5 Å². The Balaban J connectivity index is 1.21. The number of carbonyl (C=O) groups is 1. The number of aromatic nitrogens is 1. The van der Waals surface area contributed by atoms with Gasteiger partial charge in [-0.05, 0) is 82.3 Å². The van der Waals surface area contributed by atoms with Crippen LogP contribution in [0.3, 0.4) is 0 Å². The van der Waals surface area contributed by atoms with Crippen LogP contribution in [0, 0.1) is 5.41 Å². The highest BCUT2D eigenvalue weighted by Crippen LogP contribution is 2.42. The summed E-state index contributed by atoms with van der Waals surface area (Å²) in [6, 6.07) is 4.63. The van der Waals surface area contributed by atoms with Gasteiger partial charge in [-0.25, -0.2) is 0 Å². The van der Waals surface area contributed by atoms with Gasteiger partial charge in [-0.2, -0.15) is 0 Å². The van der Waals surface area contributed by atoms with E-state index in [1.54, 1.807) is 12.3 Å². The molecular formula is C21H32N4O. The molecule has 0 atom stereocenters. The second-order valence-corrected chi connectivity index (χ2v) is 8.61. The van der Waals surface area contributed by atoms with Gasteiger partial charge in [-0.15, -0.1) is 0 Å². The lowest BCUT2D eigenvalue weighted by molar-refractivity contribution is 0.00539. The zero-order chi connectivity index (χ0) is 18.0. The van der Waals surface area contributed by atoms with E-state index in [4.69, 9.17) is 5.73 Å². The van der Waals surface area contributed by atoms with Crippen LogP contribution in [0.4, 0.5) is 0 Å². The molecule has 4 rings (SSSR count). The normalized spacial score (nSPS) is 24.5. The van der Waals surface area contributed by atoms with Crippen LogP contribution in [-0.2, 0) is 6.42 Å². The molecule has 0 radical (unpaired) electrons. The summed E-state index contributed by atoms with van der Waals surface area (Å²) in [5.74, 6) is -0.409. The third-order valence-corrected chi connectivity index (χ3v) is 7.16. The summed E-state index contributed by atoms with van der Waals surface area (Å²) in [5, 5.41) is 0. The summed E-state index contributed by atoms with van der Waals surface area (Å²) in [6.07, 6.45) is 12.4. The molecule has 2 N–H and O–H groups in total. The lowest BCUT2D eigenvalue weighted by atomic mass is 9.70. The molecule has 5 nitrogen and oxygen atoms in total. The Morgan fingerprint density at radius 1 is 1.12 bits per heavy atom. The number of piperidine rings is 2. The van der Waals surface area contributed by atoms with E-state index in [0.29, 0.717) is 11.0 Å².